The minimum absolute atomic E-state index is 0.0286. The number of rotatable bonds is 1. The zero-order chi connectivity index (χ0) is 28.2. The average molecular weight is 590 g/mol. The van der Waals surface area contributed by atoms with E-state index in [1.807, 2.05) is 56.4 Å². The van der Waals surface area contributed by atoms with Gasteiger partial charge in [-0.25, -0.2) is 0 Å². The van der Waals surface area contributed by atoms with E-state index in [9.17, 15) is 9.59 Å². The number of hydrogen-bond donors (Lipinski definition) is 0. The zero-order valence-corrected chi connectivity index (χ0v) is 25.7. The molecule has 41 heavy (non-hydrogen) atoms. The Morgan fingerprint density at radius 2 is 1.51 bits per heavy atom. The molecule has 0 radical (unpaired) electrons. The summed E-state index contributed by atoms with van der Waals surface area (Å²) in [6, 6.07) is 22.1. The number of nitrogens with zero attached hydrogens (tertiary/aromatic N) is 1. The number of para-hydroxylation sites is 1. The van der Waals surface area contributed by atoms with Gasteiger partial charge in [0.1, 0.15) is 4.83 Å². The molecule has 1 aliphatic rings. The summed E-state index contributed by atoms with van der Waals surface area (Å²) in [4.78, 5) is 27.9. The van der Waals surface area contributed by atoms with Gasteiger partial charge in [0.05, 0.1) is 30.7 Å². The van der Waals surface area contributed by atoms with Gasteiger partial charge in [-0.2, -0.15) is 0 Å². The van der Waals surface area contributed by atoms with Crippen molar-refractivity contribution in [2.75, 3.05) is 0 Å². The zero-order valence-electron chi connectivity index (χ0n) is 23.3. The molecule has 1 saturated carbocycles. The molecule has 1 aliphatic carbocycles. The van der Waals surface area contributed by atoms with Crippen molar-refractivity contribution < 1.29 is 9.59 Å². The second-order valence-electron chi connectivity index (χ2n) is 11.5. The molecule has 8 aromatic rings. The number of carbonyl (C=O) groups excluding carboxylic acids is 2. The summed E-state index contributed by atoms with van der Waals surface area (Å²) in [5, 5.41) is 7.83. The highest BCUT2D eigenvalue weighted by atomic mass is 32.1. The van der Waals surface area contributed by atoms with Crippen LogP contribution >= 0.6 is 34.0 Å². The van der Waals surface area contributed by atoms with E-state index >= 15 is 0 Å². The van der Waals surface area contributed by atoms with Gasteiger partial charge in [0.25, 0.3) is 0 Å². The Balaban J connectivity index is 0.00000125. The molecule has 0 aliphatic heterocycles. The van der Waals surface area contributed by atoms with Crippen molar-refractivity contribution in [3.63, 3.8) is 0 Å². The van der Waals surface area contributed by atoms with Crippen LogP contribution in [0.2, 0.25) is 0 Å². The lowest BCUT2D eigenvalue weighted by molar-refractivity contribution is -0.127. The van der Waals surface area contributed by atoms with Crippen LogP contribution in [-0.2, 0) is 9.59 Å². The van der Waals surface area contributed by atoms with Gasteiger partial charge in [-0.15, -0.1) is 34.0 Å². The molecular formula is C35H27NO2S3. The van der Waals surface area contributed by atoms with Crippen LogP contribution in [0.5, 0.6) is 0 Å². The van der Waals surface area contributed by atoms with Crippen LogP contribution in [0.4, 0.5) is 0 Å². The third kappa shape index (κ3) is 3.41. The Bertz CT molecular complexity index is 2380. The van der Waals surface area contributed by atoms with Crippen molar-refractivity contribution in [3.8, 4) is 0 Å². The number of benzene rings is 3. The number of carbonyl (C=O) groups is 2. The fourth-order valence-corrected chi connectivity index (χ4v) is 10.9. The topological polar surface area (TPSA) is 38.5 Å². The second kappa shape index (κ2) is 8.71. The van der Waals surface area contributed by atoms with Gasteiger partial charge in [0.15, 0.2) is 11.6 Å². The molecule has 9 rings (SSSR count). The Labute approximate surface area is 248 Å². The maximum absolute atomic E-state index is 12.8. The van der Waals surface area contributed by atoms with Crippen molar-refractivity contribution >= 4 is 119 Å². The van der Waals surface area contributed by atoms with Gasteiger partial charge in [-0.1, -0.05) is 76.2 Å². The molecule has 3 nitrogen and oxygen atoms in total. The molecule has 0 N–H and O–H groups in total. The average Bonchev–Trinajstić information content (AvgIpc) is 3.69. The largest absolute Gasteiger partial charge is 0.299 e. The third-order valence-corrected chi connectivity index (χ3v) is 12.1. The molecule has 0 amide bonds. The van der Waals surface area contributed by atoms with Crippen molar-refractivity contribution in [1.29, 1.82) is 0 Å². The van der Waals surface area contributed by atoms with Gasteiger partial charge in [0.2, 0.25) is 0 Å². The number of Topliss-reactive ketones (excluding diaryl/α,β-unsaturated/α-hetero) is 2. The summed E-state index contributed by atoms with van der Waals surface area (Å²) in [5.41, 5.74) is 2.66. The van der Waals surface area contributed by atoms with Gasteiger partial charge in [-0.3, -0.25) is 14.0 Å². The van der Waals surface area contributed by atoms with Gasteiger partial charge >= 0.3 is 0 Å². The van der Waals surface area contributed by atoms with Crippen molar-refractivity contribution in [2.24, 2.45) is 5.41 Å². The highest BCUT2D eigenvalue weighted by molar-refractivity contribution is 7.41. The number of pyridine rings is 1. The first-order valence-electron chi connectivity index (χ1n) is 14.1. The minimum Gasteiger partial charge on any atom is -0.299 e. The molecule has 0 spiro atoms. The molecule has 0 unspecified atom stereocenters. The third-order valence-electron chi connectivity index (χ3n) is 8.30. The van der Waals surface area contributed by atoms with Crippen molar-refractivity contribution in [1.82, 2.24) is 4.40 Å². The smallest absolute Gasteiger partial charge is 0.167 e. The van der Waals surface area contributed by atoms with Gasteiger partial charge in [-0.05, 0) is 34.4 Å². The molecule has 1 fully saturated rings. The van der Waals surface area contributed by atoms with Crippen LogP contribution in [0.1, 0.15) is 45.4 Å². The monoisotopic (exact) mass is 589 g/mol. The first-order chi connectivity index (χ1) is 19.9. The number of ketones is 2. The second-order valence-corrected chi connectivity index (χ2v) is 14.7. The number of hydrogen-bond acceptors (Lipinski definition) is 5. The van der Waals surface area contributed by atoms with Crippen molar-refractivity contribution in [3.05, 3.63) is 71.1 Å². The van der Waals surface area contributed by atoms with E-state index in [4.69, 9.17) is 0 Å². The molecule has 6 heteroatoms. The fourth-order valence-electron chi connectivity index (χ4n) is 6.68. The lowest BCUT2D eigenvalue weighted by atomic mass is 9.74. The van der Waals surface area contributed by atoms with Gasteiger partial charge in [0, 0.05) is 44.0 Å². The normalized spacial score (nSPS) is 15.9. The lowest BCUT2D eigenvalue weighted by Crippen LogP contribution is -2.31. The summed E-state index contributed by atoms with van der Waals surface area (Å²) in [7, 11) is 0. The highest BCUT2D eigenvalue weighted by Gasteiger charge is 2.35. The van der Waals surface area contributed by atoms with Crippen LogP contribution < -0.4 is 0 Å². The molecule has 202 valence electrons. The molecular weight excluding hydrogens is 563 g/mol. The van der Waals surface area contributed by atoms with E-state index in [0.717, 1.165) is 4.88 Å². The number of thiophene rings is 3. The molecule has 0 saturated heterocycles. The summed E-state index contributed by atoms with van der Waals surface area (Å²) in [5.74, 6) is -0.0572. The quantitative estimate of drug-likeness (QED) is 0.141. The maximum Gasteiger partial charge on any atom is 0.167 e. The molecule has 5 aromatic heterocycles. The van der Waals surface area contributed by atoms with E-state index in [0.29, 0.717) is 18.4 Å². The minimum atomic E-state index is -0.252. The van der Waals surface area contributed by atoms with Gasteiger partial charge < -0.3 is 0 Å². The van der Waals surface area contributed by atoms with Crippen LogP contribution in [-0.4, -0.2) is 16.0 Å². The fraction of sp³-hybridized carbons (Fsp3) is 0.200. The molecule has 0 bridgehead atoms. The molecule has 0 atom stereocenters. The molecule has 3 aromatic carbocycles. The number of fused-ring (bicyclic) bond motifs is 10. The first-order valence-corrected chi connectivity index (χ1v) is 16.6. The Kier molecular flexibility index (Phi) is 5.35. The number of aromatic nitrogens is 1. The first kappa shape index (κ1) is 25.2. The van der Waals surface area contributed by atoms with E-state index in [1.54, 1.807) is 11.3 Å². The molecule has 5 heterocycles. The highest BCUT2D eigenvalue weighted by Crippen LogP contribution is 2.52. The lowest BCUT2D eigenvalue weighted by Gasteiger charge is -2.28. The summed E-state index contributed by atoms with van der Waals surface area (Å²) < 4.78 is 7.58. The predicted molar refractivity (Wildman–Crippen MR) is 180 cm³/mol. The van der Waals surface area contributed by atoms with Crippen LogP contribution in [0.3, 0.4) is 0 Å². The van der Waals surface area contributed by atoms with Crippen molar-refractivity contribution in [2.45, 2.75) is 40.5 Å². The van der Waals surface area contributed by atoms with Crippen LogP contribution in [0, 0.1) is 5.41 Å². The van der Waals surface area contributed by atoms with E-state index in [1.165, 1.54) is 67.0 Å². The SMILES string of the molecule is CC.CC1(C)CC(=O)C(=Cc2cc3sc4c(sc5c4c4cccc6ccc7c8ccccc8n5c7c64)c3s2)C(=O)C1. The number of allylic oxidation sites excluding steroid dienone is 1. The van der Waals surface area contributed by atoms with E-state index in [2.05, 4.69) is 65.1 Å². The Morgan fingerprint density at radius 3 is 2.32 bits per heavy atom. The predicted octanol–water partition coefficient (Wildman–Crippen LogP) is 10.8. The van der Waals surface area contributed by atoms with E-state index in [-0.39, 0.29) is 17.0 Å². The summed E-state index contributed by atoms with van der Waals surface area (Å²) in [6.45, 7) is 7.99. The Hall–Kier alpha value is -3.58. The standard InChI is InChI=1S/C33H21NO2S3.C2H6/c1-33(2)14-23(35)21(24(36)15-33)12-17-13-25-29(37-17)31-30(38-25)27-20-8-5-6-16-10-11-19-18-7-3-4-9-22(18)34(32(27)39-31)28(19)26(16)20;1-2/h3-13H,14-15H2,1-2H3;1-2H3. The van der Waals surface area contributed by atoms with Crippen LogP contribution in [0.15, 0.2) is 66.2 Å². The summed E-state index contributed by atoms with van der Waals surface area (Å²) >= 11 is 5.40. The maximum atomic E-state index is 12.8. The van der Waals surface area contributed by atoms with Crippen LogP contribution in [0.25, 0.3) is 73.1 Å². The van der Waals surface area contributed by atoms with E-state index < -0.39 is 0 Å². The summed E-state index contributed by atoms with van der Waals surface area (Å²) in [6.07, 6.45) is 2.70. The Morgan fingerprint density at radius 1 is 0.756 bits per heavy atom.